The van der Waals surface area contributed by atoms with Crippen LogP contribution in [0, 0.1) is 0 Å². The third-order valence-electron chi connectivity index (χ3n) is 5.28. The molecule has 3 aromatic rings. The number of nitrogens with one attached hydrogen (secondary N) is 1. The SMILES string of the molecule is O=S(=O)(Nc1ccc(-c2ccc(N3CCCCCC3)nn2)cc1)c1cc(Cl)c(Cl)cc1Cl. The van der Waals surface area contributed by atoms with Crippen LogP contribution >= 0.6 is 34.8 Å². The first-order valence-electron chi connectivity index (χ1n) is 10.2. The van der Waals surface area contributed by atoms with Gasteiger partial charge in [-0.25, -0.2) is 8.42 Å². The summed E-state index contributed by atoms with van der Waals surface area (Å²) < 4.78 is 28.0. The fourth-order valence-electron chi connectivity index (χ4n) is 3.58. The van der Waals surface area contributed by atoms with Crippen molar-refractivity contribution < 1.29 is 8.42 Å². The van der Waals surface area contributed by atoms with Gasteiger partial charge in [-0.1, -0.05) is 59.8 Å². The lowest BCUT2D eigenvalue weighted by Gasteiger charge is -2.20. The van der Waals surface area contributed by atoms with Crippen molar-refractivity contribution in [2.24, 2.45) is 0 Å². The van der Waals surface area contributed by atoms with E-state index < -0.39 is 10.0 Å². The highest BCUT2D eigenvalue weighted by atomic mass is 35.5. The number of halogens is 3. The zero-order valence-electron chi connectivity index (χ0n) is 17.1. The van der Waals surface area contributed by atoms with Crippen molar-refractivity contribution in [1.82, 2.24) is 10.2 Å². The Labute approximate surface area is 202 Å². The second kappa shape index (κ2) is 9.83. The van der Waals surface area contributed by atoms with Gasteiger partial charge < -0.3 is 4.90 Å². The first-order valence-corrected chi connectivity index (χ1v) is 12.8. The zero-order chi connectivity index (χ0) is 22.7. The third kappa shape index (κ3) is 5.29. The molecule has 0 spiro atoms. The maximum atomic E-state index is 12.7. The number of benzene rings is 2. The quantitative estimate of drug-likeness (QED) is 0.408. The summed E-state index contributed by atoms with van der Waals surface area (Å²) in [5.41, 5.74) is 1.92. The zero-order valence-corrected chi connectivity index (χ0v) is 20.1. The molecule has 1 aliphatic rings. The minimum atomic E-state index is -3.94. The summed E-state index contributed by atoms with van der Waals surface area (Å²) in [6.45, 7) is 2.01. The fourth-order valence-corrected chi connectivity index (χ4v) is 5.64. The highest BCUT2D eigenvalue weighted by Gasteiger charge is 2.20. The van der Waals surface area contributed by atoms with Gasteiger partial charge in [0.15, 0.2) is 5.82 Å². The Morgan fingerprint density at radius 1 is 0.781 bits per heavy atom. The summed E-state index contributed by atoms with van der Waals surface area (Å²) in [4.78, 5) is 2.13. The Bertz CT molecular complexity index is 1200. The number of rotatable bonds is 5. The monoisotopic (exact) mass is 510 g/mol. The largest absolute Gasteiger partial charge is 0.355 e. The van der Waals surface area contributed by atoms with Crippen molar-refractivity contribution in [1.29, 1.82) is 0 Å². The van der Waals surface area contributed by atoms with Crippen molar-refractivity contribution in [2.75, 3.05) is 22.7 Å². The van der Waals surface area contributed by atoms with E-state index in [9.17, 15) is 8.42 Å². The van der Waals surface area contributed by atoms with Crippen LogP contribution in [0.2, 0.25) is 15.1 Å². The second-order valence-corrected chi connectivity index (χ2v) is 10.4. The van der Waals surface area contributed by atoms with Gasteiger partial charge in [-0.15, -0.1) is 10.2 Å². The van der Waals surface area contributed by atoms with Gasteiger partial charge in [0.25, 0.3) is 10.0 Å². The summed E-state index contributed by atoms with van der Waals surface area (Å²) >= 11 is 17.9. The number of nitrogens with zero attached hydrogens (tertiary/aromatic N) is 3. The maximum Gasteiger partial charge on any atom is 0.263 e. The van der Waals surface area contributed by atoms with Gasteiger partial charge in [0.05, 0.1) is 20.8 Å². The third-order valence-corrected chi connectivity index (χ3v) is 7.85. The standard InChI is InChI=1S/C22H21Cl3N4O2S/c23-17-13-19(25)21(14-18(17)24)32(30,31)28-16-7-5-15(6-8-16)20-9-10-22(27-26-20)29-11-3-1-2-4-12-29/h5-10,13-14,28H,1-4,11-12H2. The Morgan fingerprint density at radius 2 is 1.44 bits per heavy atom. The molecule has 2 heterocycles. The van der Waals surface area contributed by atoms with Crippen LogP contribution in [0.5, 0.6) is 0 Å². The minimum Gasteiger partial charge on any atom is -0.355 e. The molecule has 0 unspecified atom stereocenters. The molecule has 0 atom stereocenters. The smallest absolute Gasteiger partial charge is 0.263 e. The molecule has 32 heavy (non-hydrogen) atoms. The Morgan fingerprint density at radius 3 is 2.06 bits per heavy atom. The van der Waals surface area contributed by atoms with E-state index in [0.717, 1.165) is 24.5 Å². The van der Waals surface area contributed by atoms with Crippen LogP contribution in [0.1, 0.15) is 25.7 Å². The van der Waals surface area contributed by atoms with Crippen molar-refractivity contribution in [2.45, 2.75) is 30.6 Å². The van der Waals surface area contributed by atoms with Gasteiger partial charge >= 0.3 is 0 Å². The van der Waals surface area contributed by atoms with Crippen LogP contribution in [0.15, 0.2) is 53.4 Å². The molecule has 0 radical (unpaired) electrons. The molecule has 1 aromatic heterocycles. The van der Waals surface area contributed by atoms with Crippen LogP contribution in [-0.2, 0) is 10.0 Å². The predicted molar refractivity (Wildman–Crippen MR) is 130 cm³/mol. The number of anilines is 2. The molecule has 10 heteroatoms. The first kappa shape index (κ1) is 23.1. The van der Waals surface area contributed by atoms with Crippen molar-refractivity contribution in [3.05, 3.63) is 63.6 Å². The molecule has 1 saturated heterocycles. The van der Waals surface area contributed by atoms with Crippen LogP contribution in [-0.4, -0.2) is 31.7 Å². The molecular formula is C22H21Cl3N4O2S. The molecule has 168 valence electrons. The Hall–Kier alpha value is -2.06. The van der Waals surface area contributed by atoms with Crippen molar-refractivity contribution in [3.63, 3.8) is 0 Å². The van der Waals surface area contributed by atoms with E-state index in [2.05, 4.69) is 19.8 Å². The Kier molecular flexibility index (Phi) is 7.10. The van der Waals surface area contributed by atoms with Crippen LogP contribution in [0.3, 0.4) is 0 Å². The van der Waals surface area contributed by atoms with E-state index >= 15 is 0 Å². The molecule has 1 fully saturated rings. The lowest BCUT2D eigenvalue weighted by Crippen LogP contribution is -2.25. The topological polar surface area (TPSA) is 75.2 Å². The number of sulfonamides is 1. The van der Waals surface area contributed by atoms with E-state index in [1.807, 2.05) is 12.1 Å². The summed E-state index contributed by atoms with van der Waals surface area (Å²) in [5.74, 6) is 0.888. The first-order chi connectivity index (χ1) is 15.3. The van der Waals surface area contributed by atoms with Crippen molar-refractivity contribution >= 4 is 56.3 Å². The molecule has 4 rings (SSSR count). The van der Waals surface area contributed by atoms with Gasteiger partial charge in [-0.05, 0) is 49.2 Å². The molecule has 6 nitrogen and oxygen atoms in total. The van der Waals surface area contributed by atoms with Crippen LogP contribution < -0.4 is 9.62 Å². The molecule has 0 amide bonds. The minimum absolute atomic E-state index is 0.0108. The second-order valence-electron chi connectivity index (χ2n) is 7.56. The van der Waals surface area contributed by atoms with Gasteiger partial charge in [-0.3, -0.25) is 4.72 Å². The Balaban J connectivity index is 1.49. The summed E-state index contributed by atoms with van der Waals surface area (Å²) in [5, 5.41) is 9.03. The highest BCUT2D eigenvalue weighted by Crippen LogP contribution is 2.32. The fraction of sp³-hybridized carbons (Fsp3) is 0.273. The van der Waals surface area contributed by atoms with Gasteiger partial charge in [0.2, 0.25) is 0 Å². The van der Waals surface area contributed by atoms with E-state index in [0.29, 0.717) is 11.4 Å². The molecule has 1 aliphatic heterocycles. The molecule has 0 aliphatic carbocycles. The van der Waals surface area contributed by atoms with E-state index in [4.69, 9.17) is 34.8 Å². The van der Waals surface area contributed by atoms with E-state index in [1.165, 1.54) is 37.8 Å². The lowest BCUT2D eigenvalue weighted by molar-refractivity contribution is 0.601. The molecule has 2 aromatic carbocycles. The van der Waals surface area contributed by atoms with Crippen molar-refractivity contribution in [3.8, 4) is 11.3 Å². The summed E-state index contributed by atoms with van der Waals surface area (Å²) in [6, 6.07) is 13.3. The van der Waals surface area contributed by atoms with Crippen LogP contribution in [0.4, 0.5) is 11.5 Å². The number of hydrogen-bond donors (Lipinski definition) is 1. The highest BCUT2D eigenvalue weighted by molar-refractivity contribution is 7.92. The summed E-state index contributed by atoms with van der Waals surface area (Å²) in [6.07, 6.45) is 4.87. The predicted octanol–water partition coefficient (Wildman–Crippen LogP) is 6.29. The lowest BCUT2D eigenvalue weighted by atomic mass is 10.1. The van der Waals surface area contributed by atoms with E-state index in [-0.39, 0.29) is 20.0 Å². The normalized spacial score (nSPS) is 14.8. The van der Waals surface area contributed by atoms with Gasteiger partial charge in [0, 0.05) is 24.3 Å². The maximum absolute atomic E-state index is 12.7. The van der Waals surface area contributed by atoms with Gasteiger partial charge in [-0.2, -0.15) is 0 Å². The molecule has 0 bridgehead atoms. The van der Waals surface area contributed by atoms with Gasteiger partial charge in [0.1, 0.15) is 4.90 Å². The average Bonchev–Trinajstić information content (AvgIpc) is 3.06. The number of hydrogen-bond acceptors (Lipinski definition) is 5. The molecule has 1 N–H and O–H groups in total. The molecule has 0 saturated carbocycles. The van der Waals surface area contributed by atoms with Crippen LogP contribution in [0.25, 0.3) is 11.3 Å². The van der Waals surface area contributed by atoms with E-state index in [1.54, 1.807) is 24.3 Å². The average molecular weight is 512 g/mol. The number of aromatic nitrogens is 2. The summed E-state index contributed by atoms with van der Waals surface area (Å²) in [7, 11) is -3.94. The molecular weight excluding hydrogens is 491 g/mol.